The van der Waals surface area contributed by atoms with E-state index in [0.717, 1.165) is 4.90 Å². The second kappa shape index (κ2) is 30.9. The first kappa shape index (κ1) is 57.9. The molecule has 1 aliphatic heterocycles. The molecule has 27 heteroatoms. The highest BCUT2D eigenvalue weighted by Crippen LogP contribution is 2.10. The first-order valence-electron chi connectivity index (χ1n) is 21.9. The van der Waals surface area contributed by atoms with Gasteiger partial charge >= 0.3 is 29.8 Å². The number of amides is 6. The van der Waals surface area contributed by atoms with E-state index in [4.69, 9.17) is 15.9 Å². The van der Waals surface area contributed by atoms with E-state index in [0.29, 0.717) is 5.56 Å². The van der Waals surface area contributed by atoms with Crippen LogP contribution in [0.15, 0.2) is 35.3 Å². The predicted octanol–water partition coefficient (Wildman–Crippen LogP) is -4.54. The van der Waals surface area contributed by atoms with Crippen molar-refractivity contribution >= 4 is 71.1 Å². The summed E-state index contributed by atoms with van der Waals surface area (Å²) in [4.78, 5) is 146. The van der Waals surface area contributed by atoms with Crippen molar-refractivity contribution in [2.45, 2.75) is 76.0 Å². The molecule has 1 aliphatic rings. The Labute approximate surface area is 396 Å². The Morgan fingerprint density at radius 3 is 1.64 bits per heavy atom. The van der Waals surface area contributed by atoms with Crippen molar-refractivity contribution in [3.63, 3.8) is 0 Å². The van der Waals surface area contributed by atoms with E-state index in [1.54, 1.807) is 37.3 Å². The molecule has 27 nitrogen and oxygen atoms in total. The molecule has 1 saturated heterocycles. The summed E-state index contributed by atoms with van der Waals surface area (Å²) in [5.74, 6) is -11.4. The van der Waals surface area contributed by atoms with Gasteiger partial charge in [0.05, 0.1) is 51.5 Å². The van der Waals surface area contributed by atoms with Gasteiger partial charge in [-0.2, -0.15) is 0 Å². The Morgan fingerprint density at radius 2 is 1.09 bits per heavy atom. The number of carboxylic acids is 5. The highest BCUT2D eigenvalue weighted by molar-refractivity contribution is 5.98. The zero-order valence-electron chi connectivity index (χ0n) is 38.2. The smallest absolute Gasteiger partial charge is 0.317 e. The molecule has 0 unspecified atom stereocenters. The van der Waals surface area contributed by atoms with Crippen LogP contribution in [0.2, 0.25) is 0 Å². The average Bonchev–Trinajstić information content (AvgIpc) is 3.25. The fraction of sp³-hybridized carbons (Fsp3) is 0.571. The molecule has 1 aromatic rings. The number of nitrogens with two attached hydrogens (primary N) is 1. The van der Waals surface area contributed by atoms with Crippen LogP contribution in [0, 0.1) is 0 Å². The van der Waals surface area contributed by atoms with Crippen LogP contribution in [-0.2, 0) is 59.2 Å². The van der Waals surface area contributed by atoms with E-state index in [9.17, 15) is 68.1 Å². The molecule has 4 atom stereocenters. The van der Waals surface area contributed by atoms with Crippen molar-refractivity contribution in [1.82, 2.24) is 46.6 Å². The van der Waals surface area contributed by atoms with Crippen LogP contribution in [-0.4, -0.2) is 214 Å². The lowest BCUT2D eigenvalue weighted by Gasteiger charge is -2.27. The number of hydrogen-bond acceptors (Lipinski definition) is 15. The molecule has 1 fully saturated rings. The van der Waals surface area contributed by atoms with Gasteiger partial charge in [0, 0.05) is 45.7 Å². The van der Waals surface area contributed by atoms with Gasteiger partial charge in [0.15, 0.2) is 0 Å². The molecule has 0 aromatic heterocycles. The Balaban J connectivity index is 2.26. The lowest BCUT2D eigenvalue weighted by Crippen LogP contribution is -2.58. The van der Waals surface area contributed by atoms with Crippen LogP contribution in [0.4, 0.5) is 0 Å². The minimum atomic E-state index is -1.66. The number of benzene rings is 1. The summed E-state index contributed by atoms with van der Waals surface area (Å²) in [6, 6.07) is 2.77. The first-order valence-corrected chi connectivity index (χ1v) is 21.9. The summed E-state index contributed by atoms with van der Waals surface area (Å²) >= 11 is 0. The number of hydrogen-bond donors (Lipinski definition) is 12. The Bertz CT molecular complexity index is 1970. The molecule has 69 heavy (non-hydrogen) atoms. The highest BCUT2D eigenvalue weighted by Gasteiger charge is 2.33. The van der Waals surface area contributed by atoms with Gasteiger partial charge in [-0.3, -0.25) is 72.4 Å². The van der Waals surface area contributed by atoms with Gasteiger partial charge in [0.1, 0.15) is 24.2 Å². The number of rotatable bonds is 29. The number of unbranched alkanes of at least 4 members (excludes halogenated alkanes) is 1. The van der Waals surface area contributed by atoms with Gasteiger partial charge in [-0.15, -0.1) is 0 Å². The van der Waals surface area contributed by atoms with E-state index >= 15 is 0 Å². The third-order valence-electron chi connectivity index (χ3n) is 10.2. The quantitative estimate of drug-likeness (QED) is 0.0204. The van der Waals surface area contributed by atoms with Gasteiger partial charge in [-0.1, -0.05) is 30.3 Å². The van der Waals surface area contributed by atoms with Crippen molar-refractivity contribution in [1.29, 1.82) is 0 Å². The van der Waals surface area contributed by atoms with E-state index in [1.807, 2.05) is 0 Å². The monoisotopic (exact) mass is 977 g/mol. The number of carbonyl (C=O) groups is 11. The van der Waals surface area contributed by atoms with Crippen LogP contribution in [0.1, 0.15) is 51.0 Å². The normalized spacial score (nSPS) is 18.5. The molecule has 1 aromatic carbocycles. The average molecular weight is 978 g/mol. The van der Waals surface area contributed by atoms with E-state index in [1.165, 1.54) is 9.80 Å². The lowest BCUT2D eigenvalue weighted by molar-refractivity contribution is -0.143. The Kier molecular flexibility index (Phi) is 25.9. The number of nitrogens with one attached hydrogen (secondary N) is 6. The van der Waals surface area contributed by atoms with Crippen molar-refractivity contribution < 1.29 is 78.3 Å². The molecule has 0 radical (unpaired) electrons. The van der Waals surface area contributed by atoms with Crippen molar-refractivity contribution in [2.75, 3.05) is 78.5 Å². The minimum Gasteiger partial charge on any atom is -0.481 e. The number of carbonyl (C=O) groups excluding carboxylic acids is 6. The molecular weight excluding hydrogens is 915 g/mol. The van der Waals surface area contributed by atoms with E-state index in [-0.39, 0.29) is 83.6 Å². The first-order chi connectivity index (χ1) is 32.6. The summed E-state index contributed by atoms with van der Waals surface area (Å²) in [5.41, 5.74) is 6.21. The summed E-state index contributed by atoms with van der Waals surface area (Å²) in [6.45, 7) is -2.26. The van der Waals surface area contributed by atoms with Crippen LogP contribution < -0.4 is 37.6 Å². The number of aliphatic carboxylic acids is 5. The third-order valence-corrected chi connectivity index (χ3v) is 10.2. The molecule has 6 amide bonds. The van der Waals surface area contributed by atoms with E-state index < -0.39 is 135 Å². The van der Waals surface area contributed by atoms with Gasteiger partial charge in [-0.25, -0.2) is 0 Å². The highest BCUT2D eigenvalue weighted by atomic mass is 16.4. The second-order valence-corrected chi connectivity index (χ2v) is 16.1. The Morgan fingerprint density at radius 1 is 0.609 bits per heavy atom. The van der Waals surface area contributed by atoms with Crippen LogP contribution in [0.25, 0.3) is 0 Å². The summed E-state index contributed by atoms with van der Waals surface area (Å²) in [5, 5.41) is 61.7. The molecule has 1 heterocycles. The molecule has 0 saturated carbocycles. The standard InChI is InChI=1S/C42H63N11O16/c1-26(43)44-13-7-11-28-39(66)46-20-32(54)47-31(19-34(56)57)42(69)50-30(18-27-8-3-2-4-9-27)41(68)49-29(40(67)48-28)10-5-6-12-45-33(55)21-52(23-36(60)61)16-14-51(22-35(58)59)15-17-53(24-37(62)63)25-38(64)65/h2-4,8-9,28-31H,5-7,10-25H2,1H3,(H2,43,44)(H,45,55)(H,46,66)(H,47,54)(H,48,67)(H,49,68)(H,50,69)(H,56,57)(H,58,59)(H,60,61)(H,62,63)(H,64,65)/t28-,29-,30+,31-/m0/s1. The van der Waals surface area contributed by atoms with Crippen molar-refractivity contribution in [3.05, 3.63) is 35.9 Å². The number of carboxylic acid groups (broad SMARTS) is 5. The third kappa shape index (κ3) is 25.5. The molecule has 0 spiro atoms. The fourth-order valence-corrected chi connectivity index (χ4v) is 6.87. The summed E-state index contributed by atoms with van der Waals surface area (Å²) < 4.78 is 0. The maximum atomic E-state index is 14.0. The minimum absolute atomic E-state index is 0.000944. The molecular formula is C42H63N11O16. The Hall–Kier alpha value is -7.26. The topological polar surface area (TPSA) is 409 Å². The molecule has 0 bridgehead atoms. The van der Waals surface area contributed by atoms with Gasteiger partial charge in [-0.05, 0) is 44.6 Å². The SMILES string of the molecule is CC(N)=NCCC[C@@H]1NC(=O)[C@H](CCCCNC(=O)CN(CCN(CCN(CC(=O)O)CC(=O)O)CC(=O)O)CC(=O)O)NC(=O)[C@@H](Cc2ccccc2)NC(=O)[C@H](CC(=O)O)NC(=O)CNC1=O. The zero-order chi connectivity index (χ0) is 51.5. The lowest BCUT2D eigenvalue weighted by atomic mass is 10.0. The number of nitrogens with zero attached hydrogens (tertiary/aromatic N) is 4. The van der Waals surface area contributed by atoms with E-state index in [2.05, 4.69) is 36.9 Å². The van der Waals surface area contributed by atoms with Gasteiger partial charge in [0.25, 0.3) is 0 Å². The number of aliphatic imine (C=N–C) groups is 1. The molecule has 0 aliphatic carbocycles. The van der Waals surface area contributed by atoms with Crippen molar-refractivity contribution in [2.24, 2.45) is 10.7 Å². The second-order valence-electron chi connectivity index (χ2n) is 16.1. The summed E-state index contributed by atoms with van der Waals surface area (Å²) in [6.07, 6.45) is -0.437. The van der Waals surface area contributed by atoms with Crippen LogP contribution >= 0.6 is 0 Å². The predicted molar refractivity (Wildman–Crippen MR) is 241 cm³/mol. The van der Waals surface area contributed by atoms with Crippen molar-refractivity contribution in [3.8, 4) is 0 Å². The number of amidine groups is 1. The maximum Gasteiger partial charge on any atom is 0.317 e. The van der Waals surface area contributed by atoms with Crippen LogP contribution in [0.5, 0.6) is 0 Å². The van der Waals surface area contributed by atoms with Gasteiger partial charge < -0.3 is 63.2 Å². The largest absolute Gasteiger partial charge is 0.481 e. The molecule has 13 N–H and O–H groups in total. The maximum absolute atomic E-state index is 14.0. The molecule has 382 valence electrons. The zero-order valence-corrected chi connectivity index (χ0v) is 38.2. The van der Waals surface area contributed by atoms with Crippen LogP contribution in [0.3, 0.4) is 0 Å². The van der Waals surface area contributed by atoms with Gasteiger partial charge in [0.2, 0.25) is 35.4 Å². The fourth-order valence-electron chi connectivity index (χ4n) is 6.87. The molecule has 2 rings (SSSR count). The summed E-state index contributed by atoms with van der Waals surface area (Å²) in [7, 11) is 0.